The first kappa shape index (κ1) is 12.8. The number of hydrogen-bond donors (Lipinski definition) is 2. The van der Waals surface area contributed by atoms with Crippen LogP contribution in [0.2, 0.25) is 0 Å². The molecule has 5 nitrogen and oxygen atoms in total. The van der Waals surface area contributed by atoms with Gasteiger partial charge in [0.15, 0.2) is 5.84 Å². The number of amides is 1. The minimum atomic E-state index is 0.0429. The van der Waals surface area contributed by atoms with Crippen molar-refractivity contribution in [3.8, 4) is 0 Å². The Morgan fingerprint density at radius 3 is 2.33 bits per heavy atom. The summed E-state index contributed by atoms with van der Waals surface area (Å²) >= 11 is 1.87. The number of rotatable bonds is 2. The van der Waals surface area contributed by atoms with E-state index in [1.54, 1.807) is 24.3 Å². The lowest BCUT2D eigenvalue weighted by Crippen LogP contribution is -2.37. The van der Waals surface area contributed by atoms with E-state index in [-0.39, 0.29) is 11.7 Å². The molecule has 96 valence electrons. The van der Waals surface area contributed by atoms with Gasteiger partial charge in [0.25, 0.3) is 5.91 Å². The molecule has 2 rings (SSSR count). The van der Waals surface area contributed by atoms with Crippen molar-refractivity contribution < 1.29 is 10.0 Å². The second-order valence-electron chi connectivity index (χ2n) is 3.97. The number of nitrogens with zero attached hydrogens (tertiary/aromatic N) is 2. The first-order chi connectivity index (χ1) is 8.72. The molecule has 0 saturated carbocycles. The lowest BCUT2D eigenvalue weighted by atomic mass is 10.1. The standard InChI is InChI=1S/C12H15N3O2S/c13-11(14-17)9-1-3-10(4-2-9)12(16)15-5-7-18-8-6-15/h1-4,17H,5-8H2,(H2,13,14). The van der Waals surface area contributed by atoms with E-state index in [0.29, 0.717) is 11.1 Å². The molecule has 0 aliphatic carbocycles. The van der Waals surface area contributed by atoms with Gasteiger partial charge in [-0.3, -0.25) is 4.79 Å². The predicted octanol–water partition coefficient (Wildman–Crippen LogP) is 0.970. The summed E-state index contributed by atoms with van der Waals surface area (Å²) in [5.74, 6) is 2.08. The van der Waals surface area contributed by atoms with Crippen molar-refractivity contribution in [1.29, 1.82) is 0 Å². The van der Waals surface area contributed by atoms with Gasteiger partial charge < -0.3 is 15.8 Å². The topological polar surface area (TPSA) is 78.9 Å². The van der Waals surface area contributed by atoms with Crippen LogP contribution in [-0.2, 0) is 0 Å². The van der Waals surface area contributed by atoms with Gasteiger partial charge in [0.2, 0.25) is 0 Å². The molecule has 1 aromatic carbocycles. The third-order valence-electron chi connectivity index (χ3n) is 2.83. The highest BCUT2D eigenvalue weighted by Gasteiger charge is 2.18. The van der Waals surface area contributed by atoms with Gasteiger partial charge in [-0.2, -0.15) is 11.8 Å². The van der Waals surface area contributed by atoms with Gasteiger partial charge >= 0.3 is 0 Å². The van der Waals surface area contributed by atoms with Crippen LogP contribution in [0.1, 0.15) is 15.9 Å². The first-order valence-corrected chi connectivity index (χ1v) is 6.83. The van der Waals surface area contributed by atoms with Gasteiger partial charge in [0.05, 0.1) is 0 Å². The molecule has 1 amide bonds. The summed E-state index contributed by atoms with van der Waals surface area (Å²) in [6.07, 6.45) is 0. The number of oxime groups is 1. The van der Waals surface area contributed by atoms with E-state index in [2.05, 4.69) is 5.16 Å². The van der Waals surface area contributed by atoms with E-state index >= 15 is 0 Å². The number of nitrogens with two attached hydrogens (primary N) is 1. The SMILES string of the molecule is N/C(=N\O)c1ccc(C(=O)N2CCSCC2)cc1. The minimum absolute atomic E-state index is 0.0429. The average molecular weight is 265 g/mol. The minimum Gasteiger partial charge on any atom is -0.409 e. The molecule has 18 heavy (non-hydrogen) atoms. The monoisotopic (exact) mass is 265 g/mol. The summed E-state index contributed by atoms with van der Waals surface area (Å²) in [7, 11) is 0. The number of carbonyl (C=O) groups is 1. The van der Waals surface area contributed by atoms with Crippen molar-refractivity contribution in [2.24, 2.45) is 10.9 Å². The van der Waals surface area contributed by atoms with Crippen molar-refractivity contribution in [2.45, 2.75) is 0 Å². The molecule has 1 heterocycles. The molecule has 1 saturated heterocycles. The quantitative estimate of drug-likeness (QED) is 0.361. The molecular formula is C12H15N3O2S. The van der Waals surface area contributed by atoms with Crippen LogP contribution in [0, 0.1) is 0 Å². The van der Waals surface area contributed by atoms with Crippen molar-refractivity contribution >= 4 is 23.5 Å². The molecular weight excluding hydrogens is 250 g/mol. The zero-order chi connectivity index (χ0) is 13.0. The lowest BCUT2D eigenvalue weighted by molar-refractivity contribution is 0.0772. The summed E-state index contributed by atoms with van der Waals surface area (Å²) in [4.78, 5) is 14.0. The van der Waals surface area contributed by atoms with E-state index in [9.17, 15) is 4.79 Å². The Bertz CT molecular complexity index is 453. The molecule has 0 radical (unpaired) electrons. The molecule has 0 bridgehead atoms. The fourth-order valence-corrected chi connectivity index (χ4v) is 2.69. The summed E-state index contributed by atoms with van der Waals surface area (Å²) in [5.41, 5.74) is 6.70. The molecule has 1 aliphatic rings. The third-order valence-corrected chi connectivity index (χ3v) is 3.78. The Kier molecular flexibility index (Phi) is 4.09. The predicted molar refractivity (Wildman–Crippen MR) is 72.2 cm³/mol. The van der Waals surface area contributed by atoms with Gasteiger partial charge in [-0.1, -0.05) is 17.3 Å². The number of hydrogen-bond acceptors (Lipinski definition) is 4. The number of amidine groups is 1. The maximum atomic E-state index is 12.2. The molecule has 1 aliphatic heterocycles. The molecule has 0 atom stereocenters. The zero-order valence-electron chi connectivity index (χ0n) is 9.87. The number of thioether (sulfide) groups is 1. The van der Waals surface area contributed by atoms with Crippen LogP contribution in [0.5, 0.6) is 0 Å². The van der Waals surface area contributed by atoms with Crippen molar-refractivity contribution in [3.63, 3.8) is 0 Å². The molecule has 0 spiro atoms. The molecule has 0 unspecified atom stereocenters. The number of benzene rings is 1. The van der Waals surface area contributed by atoms with Crippen LogP contribution >= 0.6 is 11.8 Å². The summed E-state index contributed by atoms with van der Waals surface area (Å²) in [6, 6.07) is 6.77. The summed E-state index contributed by atoms with van der Waals surface area (Å²) in [6.45, 7) is 1.59. The van der Waals surface area contributed by atoms with E-state index in [0.717, 1.165) is 24.6 Å². The highest BCUT2D eigenvalue weighted by molar-refractivity contribution is 7.99. The van der Waals surface area contributed by atoms with Gasteiger partial charge in [-0.25, -0.2) is 0 Å². The zero-order valence-corrected chi connectivity index (χ0v) is 10.7. The van der Waals surface area contributed by atoms with Crippen LogP contribution in [-0.4, -0.2) is 46.4 Å². The van der Waals surface area contributed by atoms with Crippen molar-refractivity contribution in [1.82, 2.24) is 4.90 Å². The van der Waals surface area contributed by atoms with Gasteiger partial charge in [-0.05, 0) is 12.1 Å². The third kappa shape index (κ3) is 2.76. The van der Waals surface area contributed by atoms with Crippen LogP contribution < -0.4 is 5.73 Å². The van der Waals surface area contributed by atoms with Crippen molar-refractivity contribution in [3.05, 3.63) is 35.4 Å². The van der Waals surface area contributed by atoms with Crippen LogP contribution in [0.4, 0.5) is 0 Å². The molecule has 0 aromatic heterocycles. The summed E-state index contributed by atoms with van der Waals surface area (Å²) in [5, 5.41) is 11.5. The lowest BCUT2D eigenvalue weighted by Gasteiger charge is -2.26. The fourth-order valence-electron chi connectivity index (χ4n) is 1.79. The Labute approximate surface area is 110 Å². The highest BCUT2D eigenvalue weighted by Crippen LogP contribution is 2.13. The highest BCUT2D eigenvalue weighted by atomic mass is 32.2. The molecule has 1 aromatic rings. The Morgan fingerprint density at radius 1 is 1.22 bits per heavy atom. The Hall–Kier alpha value is -1.69. The Morgan fingerprint density at radius 2 is 1.78 bits per heavy atom. The maximum absolute atomic E-state index is 12.2. The second-order valence-corrected chi connectivity index (χ2v) is 5.19. The summed E-state index contributed by atoms with van der Waals surface area (Å²) < 4.78 is 0. The van der Waals surface area contributed by atoms with Crippen molar-refractivity contribution in [2.75, 3.05) is 24.6 Å². The largest absolute Gasteiger partial charge is 0.409 e. The van der Waals surface area contributed by atoms with E-state index in [1.807, 2.05) is 16.7 Å². The van der Waals surface area contributed by atoms with Crippen LogP contribution in [0.25, 0.3) is 0 Å². The Balaban J connectivity index is 2.11. The normalized spacial score (nSPS) is 16.7. The molecule has 6 heteroatoms. The van der Waals surface area contributed by atoms with E-state index < -0.39 is 0 Å². The van der Waals surface area contributed by atoms with Gasteiger partial charge in [0.1, 0.15) is 0 Å². The smallest absolute Gasteiger partial charge is 0.253 e. The molecule has 1 fully saturated rings. The average Bonchev–Trinajstić information content (AvgIpc) is 2.47. The van der Waals surface area contributed by atoms with E-state index in [1.165, 1.54) is 0 Å². The molecule has 3 N–H and O–H groups in total. The van der Waals surface area contributed by atoms with Crippen LogP contribution in [0.15, 0.2) is 29.4 Å². The van der Waals surface area contributed by atoms with E-state index in [4.69, 9.17) is 10.9 Å². The number of carbonyl (C=O) groups excluding carboxylic acids is 1. The fraction of sp³-hybridized carbons (Fsp3) is 0.333. The maximum Gasteiger partial charge on any atom is 0.253 e. The first-order valence-electron chi connectivity index (χ1n) is 5.67. The van der Waals surface area contributed by atoms with Gasteiger partial charge in [0, 0.05) is 35.7 Å². The second kappa shape index (κ2) is 5.77. The van der Waals surface area contributed by atoms with Crippen LogP contribution in [0.3, 0.4) is 0 Å². The van der Waals surface area contributed by atoms with Gasteiger partial charge in [-0.15, -0.1) is 0 Å².